The van der Waals surface area contributed by atoms with Gasteiger partial charge in [0.05, 0.1) is 5.56 Å². The molecule has 0 saturated carbocycles. The molecular formula is C10H9ClF3. The second-order valence-electron chi connectivity index (χ2n) is 2.80. The molecule has 1 rings (SSSR count). The molecule has 1 aromatic rings. The lowest BCUT2D eigenvalue weighted by Gasteiger charge is -2.06. The molecule has 0 N–H and O–H groups in total. The van der Waals surface area contributed by atoms with E-state index in [2.05, 4.69) is 0 Å². The zero-order valence-corrected chi connectivity index (χ0v) is 8.07. The molecule has 0 fully saturated rings. The van der Waals surface area contributed by atoms with E-state index >= 15 is 0 Å². The van der Waals surface area contributed by atoms with Crippen molar-refractivity contribution in [2.45, 2.75) is 12.6 Å². The summed E-state index contributed by atoms with van der Waals surface area (Å²) >= 11 is 5.44. The average molecular weight is 222 g/mol. The summed E-state index contributed by atoms with van der Waals surface area (Å²) in [6.07, 6.45) is -1.80. The van der Waals surface area contributed by atoms with Gasteiger partial charge in [-0.05, 0) is 30.5 Å². The molecule has 14 heavy (non-hydrogen) atoms. The minimum atomic E-state index is -4.26. The molecule has 0 aliphatic rings. The van der Waals surface area contributed by atoms with Crippen LogP contribution in [0.2, 0.25) is 0 Å². The van der Waals surface area contributed by atoms with Crippen LogP contribution in [0.5, 0.6) is 0 Å². The zero-order chi connectivity index (χ0) is 10.6. The molecule has 0 bridgehead atoms. The molecule has 0 spiro atoms. The van der Waals surface area contributed by atoms with Crippen LogP contribution < -0.4 is 0 Å². The maximum Gasteiger partial charge on any atom is 0.416 e. The predicted octanol–water partition coefficient (Wildman–Crippen LogP) is 3.89. The van der Waals surface area contributed by atoms with Crippen molar-refractivity contribution in [3.05, 3.63) is 41.8 Å². The van der Waals surface area contributed by atoms with Crippen molar-refractivity contribution < 1.29 is 13.2 Å². The molecule has 1 aromatic carbocycles. The Balaban J connectivity index is 2.69. The van der Waals surface area contributed by atoms with Gasteiger partial charge in [-0.1, -0.05) is 12.1 Å². The van der Waals surface area contributed by atoms with Gasteiger partial charge in [0.25, 0.3) is 0 Å². The van der Waals surface area contributed by atoms with Crippen LogP contribution in [0.3, 0.4) is 0 Å². The molecule has 0 aliphatic carbocycles. The number of alkyl halides is 4. The van der Waals surface area contributed by atoms with Gasteiger partial charge in [0.2, 0.25) is 0 Å². The molecule has 1 radical (unpaired) electrons. The van der Waals surface area contributed by atoms with Crippen LogP contribution >= 0.6 is 11.6 Å². The van der Waals surface area contributed by atoms with E-state index in [1.165, 1.54) is 12.1 Å². The molecule has 0 saturated heterocycles. The van der Waals surface area contributed by atoms with E-state index in [1.807, 2.05) is 0 Å². The number of rotatable bonds is 3. The quantitative estimate of drug-likeness (QED) is 0.680. The maximum absolute atomic E-state index is 12.1. The van der Waals surface area contributed by atoms with Gasteiger partial charge in [-0.2, -0.15) is 13.2 Å². The van der Waals surface area contributed by atoms with Crippen molar-refractivity contribution in [2.24, 2.45) is 0 Å². The second kappa shape index (κ2) is 4.69. The van der Waals surface area contributed by atoms with E-state index in [1.54, 1.807) is 6.42 Å². The third kappa shape index (κ3) is 3.22. The average Bonchev–Trinajstić information content (AvgIpc) is 2.14. The fourth-order valence-corrected chi connectivity index (χ4v) is 1.14. The van der Waals surface area contributed by atoms with Gasteiger partial charge in [-0.3, -0.25) is 0 Å². The number of benzene rings is 1. The molecule has 0 amide bonds. The largest absolute Gasteiger partial charge is 0.416 e. The highest BCUT2D eigenvalue weighted by atomic mass is 35.5. The standard InChI is InChI=1S/C10H9ClF3/c11-7-1-2-8-3-5-9(6-4-8)10(12,13)14/h2-6H,1,7H2. The minimum absolute atomic E-state index is 0.473. The first-order valence-corrected chi connectivity index (χ1v) is 4.64. The summed E-state index contributed by atoms with van der Waals surface area (Å²) in [5, 5.41) is 0. The summed E-state index contributed by atoms with van der Waals surface area (Å²) in [5.41, 5.74) is 0.138. The minimum Gasteiger partial charge on any atom is -0.166 e. The van der Waals surface area contributed by atoms with Gasteiger partial charge >= 0.3 is 6.18 Å². The smallest absolute Gasteiger partial charge is 0.166 e. The van der Waals surface area contributed by atoms with Crippen LogP contribution in [0.1, 0.15) is 17.5 Å². The van der Waals surface area contributed by atoms with Gasteiger partial charge in [-0.15, -0.1) is 11.6 Å². The Morgan fingerprint density at radius 3 is 2.14 bits per heavy atom. The van der Waals surface area contributed by atoms with Gasteiger partial charge in [-0.25, -0.2) is 0 Å². The Kier molecular flexibility index (Phi) is 3.81. The van der Waals surface area contributed by atoms with E-state index in [0.29, 0.717) is 12.3 Å². The molecule has 4 heteroatoms. The molecule has 0 aliphatic heterocycles. The van der Waals surface area contributed by atoms with Crippen molar-refractivity contribution in [3.8, 4) is 0 Å². The Morgan fingerprint density at radius 2 is 1.71 bits per heavy atom. The van der Waals surface area contributed by atoms with E-state index in [0.717, 1.165) is 17.7 Å². The fourth-order valence-electron chi connectivity index (χ4n) is 1.03. The lowest BCUT2D eigenvalue weighted by molar-refractivity contribution is -0.137. The van der Waals surface area contributed by atoms with Crippen molar-refractivity contribution in [1.29, 1.82) is 0 Å². The fraction of sp³-hybridized carbons (Fsp3) is 0.300. The SMILES string of the molecule is FC(F)(F)c1ccc([CH]CCCl)cc1. The monoisotopic (exact) mass is 221 g/mol. The molecule has 0 unspecified atom stereocenters. The maximum atomic E-state index is 12.1. The summed E-state index contributed by atoms with van der Waals surface area (Å²) in [5.74, 6) is 0.473. The Hall–Kier alpha value is -0.700. The summed E-state index contributed by atoms with van der Waals surface area (Å²) < 4.78 is 36.4. The van der Waals surface area contributed by atoms with Crippen molar-refractivity contribution in [1.82, 2.24) is 0 Å². The van der Waals surface area contributed by atoms with Crippen molar-refractivity contribution >= 4 is 11.6 Å². The van der Waals surface area contributed by atoms with E-state index in [4.69, 9.17) is 11.6 Å². The summed E-state index contributed by atoms with van der Waals surface area (Å²) in [4.78, 5) is 0. The van der Waals surface area contributed by atoms with E-state index in [-0.39, 0.29) is 0 Å². The third-order valence-corrected chi connectivity index (χ3v) is 1.95. The Labute approximate surface area is 85.7 Å². The normalized spacial score (nSPS) is 11.7. The summed E-state index contributed by atoms with van der Waals surface area (Å²) in [6, 6.07) is 5.02. The summed E-state index contributed by atoms with van der Waals surface area (Å²) in [7, 11) is 0. The predicted molar refractivity (Wildman–Crippen MR) is 50.2 cm³/mol. The Morgan fingerprint density at radius 1 is 1.14 bits per heavy atom. The highest BCUT2D eigenvalue weighted by Gasteiger charge is 2.29. The van der Waals surface area contributed by atoms with Gasteiger partial charge < -0.3 is 0 Å². The van der Waals surface area contributed by atoms with Crippen LogP contribution in [0.25, 0.3) is 0 Å². The number of hydrogen-bond acceptors (Lipinski definition) is 0. The van der Waals surface area contributed by atoms with Gasteiger partial charge in [0.15, 0.2) is 0 Å². The first-order valence-electron chi connectivity index (χ1n) is 4.10. The topological polar surface area (TPSA) is 0 Å². The highest BCUT2D eigenvalue weighted by molar-refractivity contribution is 6.17. The number of halogens is 4. The first kappa shape index (κ1) is 11.4. The molecule has 77 valence electrons. The first-order chi connectivity index (χ1) is 6.54. The lowest BCUT2D eigenvalue weighted by Crippen LogP contribution is -2.04. The highest BCUT2D eigenvalue weighted by Crippen LogP contribution is 2.29. The van der Waals surface area contributed by atoms with Crippen LogP contribution in [0.4, 0.5) is 13.2 Å². The van der Waals surface area contributed by atoms with Crippen LogP contribution in [0, 0.1) is 6.42 Å². The lowest BCUT2D eigenvalue weighted by atomic mass is 10.1. The molecular weight excluding hydrogens is 213 g/mol. The third-order valence-electron chi connectivity index (χ3n) is 1.73. The molecule has 0 aromatic heterocycles. The Bertz CT molecular complexity index is 276. The molecule has 0 atom stereocenters. The van der Waals surface area contributed by atoms with Crippen molar-refractivity contribution in [2.75, 3.05) is 5.88 Å². The van der Waals surface area contributed by atoms with E-state index < -0.39 is 11.7 Å². The molecule has 0 nitrogen and oxygen atoms in total. The van der Waals surface area contributed by atoms with Crippen LogP contribution in [-0.2, 0) is 6.18 Å². The molecule has 0 heterocycles. The second-order valence-corrected chi connectivity index (χ2v) is 3.18. The number of hydrogen-bond donors (Lipinski definition) is 0. The van der Waals surface area contributed by atoms with Gasteiger partial charge in [0, 0.05) is 5.88 Å². The van der Waals surface area contributed by atoms with Crippen molar-refractivity contribution in [3.63, 3.8) is 0 Å². The van der Waals surface area contributed by atoms with Crippen LogP contribution in [0.15, 0.2) is 24.3 Å². The zero-order valence-electron chi connectivity index (χ0n) is 7.31. The van der Waals surface area contributed by atoms with Crippen LogP contribution in [-0.4, -0.2) is 5.88 Å². The van der Waals surface area contributed by atoms with E-state index in [9.17, 15) is 13.2 Å². The van der Waals surface area contributed by atoms with Gasteiger partial charge in [0.1, 0.15) is 0 Å². The summed E-state index contributed by atoms with van der Waals surface area (Å²) in [6.45, 7) is 0.